The highest BCUT2D eigenvalue weighted by molar-refractivity contribution is 5.91. The van der Waals surface area contributed by atoms with Crippen molar-refractivity contribution >= 4 is 5.78 Å². The lowest BCUT2D eigenvalue weighted by atomic mass is 9.46. The second kappa shape index (κ2) is 4.81. The quantitative estimate of drug-likeness (QED) is 0.606. The lowest BCUT2D eigenvalue weighted by molar-refractivity contribution is -0.146. The summed E-state index contributed by atoms with van der Waals surface area (Å²) in [5.41, 5.74) is 2.53. The van der Waals surface area contributed by atoms with E-state index in [-0.39, 0.29) is 5.60 Å². The Morgan fingerprint density at radius 1 is 1.15 bits per heavy atom. The molecule has 27 heavy (non-hydrogen) atoms. The molecule has 5 fully saturated rings. The molecule has 7 rings (SSSR count). The lowest BCUT2D eigenvalue weighted by Crippen LogP contribution is -2.56. The average Bonchev–Trinajstić information content (AvgIpc) is 3.58. The summed E-state index contributed by atoms with van der Waals surface area (Å²) in [5, 5.41) is 0. The van der Waals surface area contributed by atoms with Gasteiger partial charge in [-0.1, -0.05) is 24.6 Å². The maximum Gasteiger partial charge on any atom is 0.155 e. The molecule has 0 aromatic carbocycles. The van der Waals surface area contributed by atoms with E-state index in [0.717, 1.165) is 55.0 Å². The normalized spacial score (nSPS) is 55.7. The van der Waals surface area contributed by atoms with E-state index in [9.17, 15) is 4.79 Å². The largest absolute Gasteiger partial charge is 0.366 e. The van der Waals surface area contributed by atoms with Gasteiger partial charge in [0.1, 0.15) is 0 Å². The van der Waals surface area contributed by atoms with E-state index in [1.807, 2.05) is 0 Å². The maximum absolute atomic E-state index is 12.2. The van der Waals surface area contributed by atoms with Gasteiger partial charge in [0.05, 0.1) is 12.2 Å². The van der Waals surface area contributed by atoms with E-state index in [0.29, 0.717) is 16.6 Å². The molecule has 8 atom stereocenters. The van der Waals surface area contributed by atoms with Gasteiger partial charge in [-0.25, -0.2) is 0 Å². The fourth-order valence-corrected chi connectivity index (χ4v) is 9.61. The Hall–Kier alpha value is -0.890. The first-order valence-corrected chi connectivity index (χ1v) is 11.7. The third-order valence-corrected chi connectivity index (χ3v) is 10.6. The Labute approximate surface area is 162 Å². The molecule has 0 bridgehead atoms. The minimum Gasteiger partial charge on any atom is -0.366 e. The van der Waals surface area contributed by atoms with Crippen LogP contribution in [0.1, 0.15) is 64.7 Å². The second-order valence-corrected chi connectivity index (χ2v) is 11.1. The summed E-state index contributed by atoms with van der Waals surface area (Å²) in [5.74, 6) is 5.49. The Kier molecular flexibility index (Phi) is 2.84. The Morgan fingerprint density at radius 2 is 2.04 bits per heavy atom. The summed E-state index contributed by atoms with van der Waals surface area (Å²) in [6.45, 7) is 3.29. The van der Waals surface area contributed by atoms with Crippen LogP contribution >= 0.6 is 0 Å². The third-order valence-electron chi connectivity index (χ3n) is 10.6. The standard InChI is InChI=1S/C25H32O2/c1-2-24-8-6-16-17-5-4-15(26)12-20(17)23(9-10-23)14-19(16)22(24)18-13-21(18)25(24)7-3-11-27-25/h3,7,12,16-19,21-22H,2,4-6,8-11,13-14H2,1H3/t16?,17?,18-,19?,21+,22?,24?,25?/m1/s1. The van der Waals surface area contributed by atoms with E-state index in [4.69, 9.17) is 4.74 Å². The Morgan fingerprint density at radius 3 is 2.78 bits per heavy atom. The number of rotatable bonds is 1. The molecule has 2 nitrogen and oxygen atoms in total. The van der Waals surface area contributed by atoms with Gasteiger partial charge in [-0.05, 0) is 98.4 Å². The number of carbonyl (C=O) groups excluding carboxylic acids is 1. The van der Waals surface area contributed by atoms with Crippen molar-refractivity contribution in [2.45, 2.75) is 70.3 Å². The van der Waals surface area contributed by atoms with Crippen molar-refractivity contribution in [3.8, 4) is 0 Å². The van der Waals surface area contributed by atoms with Gasteiger partial charge in [0.2, 0.25) is 0 Å². The van der Waals surface area contributed by atoms with Crippen molar-refractivity contribution in [2.75, 3.05) is 6.61 Å². The summed E-state index contributed by atoms with van der Waals surface area (Å²) < 4.78 is 6.62. The Balaban J connectivity index is 1.33. The van der Waals surface area contributed by atoms with Crippen molar-refractivity contribution in [3.05, 3.63) is 23.8 Å². The van der Waals surface area contributed by atoms with Crippen LogP contribution in [0, 0.1) is 46.3 Å². The number of hydrogen-bond donors (Lipinski definition) is 0. The second-order valence-electron chi connectivity index (χ2n) is 11.1. The van der Waals surface area contributed by atoms with Gasteiger partial charge in [-0.2, -0.15) is 0 Å². The number of ether oxygens (including phenoxy) is 1. The average molecular weight is 365 g/mol. The van der Waals surface area contributed by atoms with Gasteiger partial charge < -0.3 is 4.74 Å². The number of fused-ring (bicyclic) bond motifs is 10. The van der Waals surface area contributed by atoms with Crippen LogP contribution in [0.2, 0.25) is 0 Å². The zero-order valence-electron chi connectivity index (χ0n) is 16.6. The minimum absolute atomic E-state index is 0.0808. The summed E-state index contributed by atoms with van der Waals surface area (Å²) in [6.07, 6.45) is 18.4. The molecule has 1 heterocycles. The molecule has 0 radical (unpaired) electrons. The van der Waals surface area contributed by atoms with Crippen LogP contribution in [-0.4, -0.2) is 18.0 Å². The predicted octanol–water partition coefficient (Wildman–Crippen LogP) is 5.09. The topological polar surface area (TPSA) is 26.3 Å². The maximum atomic E-state index is 12.2. The molecule has 0 amide bonds. The number of ketones is 1. The molecule has 1 aliphatic heterocycles. The molecular formula is C25H32O2. The van der Waals surface area contributed by atoms with Gasteiger partial charge in [0, 0.05) is 11.8 Å². The zero-order valence-corrected chi connectivity index (χ0v) is 16.6. The van der Waals surface area contributed by atoms with Gasteiger partial charge >= 0.3 is 0 Å². The fraction of sp³-hybridized carbons (Fsp3) is 0.800. The zero-order chi connectivity index (χ0) is 18.0. The fourth-order valence-electron chi connectivity index (χ4n) is 9.61. The molecule has 5 saturated carbocycles. The first-order valence-electron chi connectivity index (χ1n) is 11.7. The molecule has 0 aromatic heterocycles. The van der Waals surface area contributed by atoms with Crippen LogP contribution < -0.4 is 0 Å². The Bertz CT molecular complexity index is 788. The smallest absolute Gasteiger partial charge is 0.155 e. The molecule has 0 N–H and O–H groups in total. The minimum atomic E-state index is 0.0808. The van der Waals surface area contributed by atoms with Crippen molar-refractivity contribution < 1.29 is 9.53 Å². The molecule has 6 unspecified atom stereocenters. The molecule has 0 aromatic rings. The van der Waals surface area contributed by atoms with Crippen LogP contribution in [0.4, 0.5) is 0 Å². The first kappa shape index (κ1) is 16.0. The van der Waals surface area contributed by atoms with Gasteiger partial charge in [-0.15, -0.1) is 0 Å². The van der Waals surface area contributed by atoms with Crippen molar-refractivity contribution in [1.29, 1.82) is 0 Å². The molecule has 2 heteroatoms. The summed E-state index contributed by atoms with van der Waals surface area (Å²) in [4.78, 5) is 12.2. The molecule has 144 valence electrons. The highest BCUT2D eigenvalue weighted by atomic mass is 16.5. The van der Waals surface area contributed by atoms with Crippen LogP contribution in [0.5, 0.6) is 0 Å². The highest BCUT2D eigenvalue weighted by Crippen LogP contribution is 2.80. The summed E-state index contributed by atoms with van der Waals surface area (Å²) >= 11 is 0. The third kappa shape index (κ3) is 1.69. The van der Waals surface area contributed by atoms with Crippen LogP contribution in [0.15, 0.2) is 23.8 Å². The molecule has 6 aliphatic carbocycles. The van der Waals surface area contributed by atoms with Crippen LogP contribution in [-0.2, 0) is 9.53 Å². The number of allylic oxidation sites excluding steroid dienone is 1. The van der Waals surface area contributed by atoms with E-state index < -0.39 is 0 Å². The summed E-state index contributed by atoms with van der Waals surface area (Å²) in [7, 11) is 0. The lowest BCUT2D eigenvalue weighted by Gasteiger charge is -2.59. The SMILES string of the molecule is CCC12CCC3C4CCC(=O)C=C4C4(CC4)CC3C1[C@@H]1C[C@@H]1C21C=CCO1. The van der Waals surface area contributed by atoms with Gasteiger partial charge in [0.25, 0.3) is 0 Å². The van der Waals surface area contributed by atoms with Gasteiger partial charge in [0.15, 0.2) is 5.78 Å². The van der Waals surface area contributed by atoms with Gasteiger partial charge in [-0.3, -0.25) is 4.79 Å². The van der Waals surface area contributed by atoms with Crippen LogP contribution in [0.3, 0.4) is 0 Å². The van der Waals surface area contributed by atoms with Crippen molar-refractivity contribution in [1.82, 2.24) is 0 Å². The monoisotopic (exact) mass is 364 g/mol. The van der Waals surface area contributed by atoms with E-state index >= 15 is 0 Å². The predicted molar refractivity (Wildman–Crippen MR) is 104 cm³/mol. The van der Waals surface area contributed by atoms with Crippen molar-refractivity contribution in [3.63, 3.8) is 0 Å². The van der Waals surface area contributed by atoms with E-state index in [2.05, 4.69) is 25.2 Å². The van der Waals surface area contributed by atoms with E-state index in [1.165, 1.54) is 44.9 Å². The van der Waals surface area contributed by atoms with Crippen LogP contribution in [0.25, 0.3) is 0 Å². The number of carbonyl (C=O) groups is 1. The van der Waals surface area contributed by atoms with E-state index in [1.54, 1.807) is 5.57 Å². The summed E-state index contributed by atoms with van der Waals surface area (Å²) in [6, 6.07) is 0. The van der Waals surface area contributed by atoms with Crippen molar-refractivity contribution in [2.24, 2.45) is 46.3 Å². The molecule has 2 spiro atoms. The molecule has 7 aliphatic rings. The number of hydrogen-bond acceptors (Lipinski definition) is 2. The highest BCUT2D eigenvalue weighted by Gasteiger charge is 2.78. The first-order chi connectivity index (χ1) is 13.1. The molecular weight excluding hydrogens is 332 g/mol. The molecule has 0 saturated heterocycles.